The average molecular weight is 244 g/mol. The van der Waals surface area contributed by atoms with Gasteiger partial charge in [0, 0.05) is 6.07 Å². The van der Waals surface area contributed by atoms with Crippen LogP contribution in [0.25, 0.3) is 0 Å². The van der Waals surface area contributed by atoms with Crippen molar-refractivity contribution < 1.29 is 14.3 Å². The van der Waals surface area contributed by atoms with Gasteiger partial charge in [0.1, 0.15) is 5.75 Å². The van der Waals surface area contributed by atoms with Crippen LogP contribution in [0.3, 0.4) is 0 Å². The van der Waals surface area contributed by atoms with E-state index in [4.69, 9.17) is 26.8 Å². The molecule has 4 nitrogen and oxygen atoms in total. The standard InChI is InChI=1S/C11H14ClNO3/c1-3-15-11(14)7(2)16-8-4-5-10(13)9(12)6-8/h4-7H,3,13H2,1-2H3. The van der Waals surface area contributed by atoms with E-state index >= 15 is 0 Å². The smallest absolute Gasteiger partial charge is 0.347 e. The fraction of sp³-hybridized carbons (Fsp3) is 0.364. The highest BCUT2D eigenvalue weighted by molar-refractivity contribution is 6.33. The van der Waals surface area contributed by atoms with Gasteiger partial charge in [-0.1, -0.05) is 11.6 Å². The number of rotatable bonds is 4. The molecule has 0 aliphatic carbocycles. The number of halogens is 1. The van der Waals surface area contributed by atoms with E-state index in [0.29, 0.717) is 23.1 Å². The van der Waals surface area contributed by atoms with Crippen LogP contribution in [0, 0.1) is 0 Å². The molecule has 1 atom stereocenters. The molecule has 0 fully saturated rings. The lowest BCUT2D eigenvalue weighted by Gasteiger charge is -2.13. The van der Waals surface area contributed by atoms with E-state index in [2.05, 4.69) is 0 Å². The number of hydrogen-bond acceptors (Lipinski definition) is 4. The van der Waals surface area contributed by atoms with Gasteiger partial charge in [-0.05, 0) is 26.0 Å². The first-order valence-electron chi connectivity index (χ1n) is 4.93. The molecule has 1 aromatic rings. The van der Waals surface area contributed by atoms with Crippen LogP contribution in [0.5, 0.6) is 5.75 Å². The van der Waals surface area contributed by atoms with Crippen LogP contribution >= 0.6 is 11.6 Å². The second kappa shape index (κ2) is 5.61. The molecule has 0 aliphatic heterocycles. The topological polar surface area (TPSA) is 61.5 Å². The van der Waals surface area contributed by atoms with Crippen LogP contribution in [-0.4, -0.2) is 18.7 Å². The highest BCUT2D eigenvalue weighted by atomic mass is 35.5. The number of carbonyl (C=O) groups is 1. The van der Waals surface area contributed by atoms with Crippen LogP contribution < -0.4 is 10.5 Å². The summed E-state index contributed by atoms with van der Waals surface area (Å²) in [7, 11) is 0. The Hall–Kier alpha value is -1.42. The van der Waals surface area contributed by atoms with Gasteiger partial charge in [0.25, 0.3) is 0 Å². The number of hydrogen-bond donors (Lipinski definition) is 1. The van der Waals surface area contributed by atoms with Crippen molar-refractivity contribution in [3.63, 3.8) is 0 Å². The van der Waals surface area contributed by atoms with E-state index in [9.17, 15) is 4.79 Å². The molecule has 1 rings (SSSR count). The van der Waals surface area contributed by atoms with Crippen LogP contribution in [0.4, 0.5) is 5.69 Å². The van der Waals surface area contributed by atoms with E-state index in [-0.39, 0.29) is 0 Å². The average Bonchev–Trinajstić information content (AvgIpc) is 2.24. The van der Waals surface area contributed by atoms with Crippen molar-refractivity contribution in [2.24, 2.45) is 0 Å². The first-order valence-corrected chi connectivity index (χ1v) is 5.30. The number of ether oxygens (including phenoxy) is 2. The first kappa shape index (κ1) is 12.6. The minimum absolute atomic E-state index is 0.328. The van der Waals surface area contributed by atoms with Crippen molar-refractivity contribution in [1.82, 2.24) is 0 Å². The summed E-state index contributed by atoms with van der Waals surface area (Å²) in [4.78, 5) is 11.3. The Balaban J connectivity index is 2.66. The summed E-state index contributed by atoms with van der Waals surface area (Å²) in [5.41, 5.74) is 6.02. The zero-order valence-electron chi connectivity index (χ0n) is 9.20. The maximum Gasteiger partial charge on any atom is 0.347 e. The summed E-state index contributed by atoms with van der Waals surface area (Å²) in [5, 5.41) is 0.397. The summed E-state index contributed by atoms with van der Waals surface area (Å²) in [6.45, 7) is 3.68. The van der Waals surface area contributed by atoms with Crippen molar-refractivity contribution in [2.75, 3.05) is 12.3 Å². The van der Waals surface area contributed by atoms with E-state index in [1.807, 2.05) is 0 Å². The summed E-state index contributed by atoms with van der Waals surface area (Å²) in [6.07, 6.45) is -0.667. The van der Waals surface area contributed by atoms with Crippen molar-refractivity contribution in [3.05, 3.63) is 23.2 Å². The van der Waals surface area contributed by atoms with Gasteiger partial charge in [0.2, 0.25) is 0 Å². The molecule has 0 radical (unpaired) electrons. The van der Waals surface area contributed by atoms with Gasteiger partial charge >= 0.3 is 5.97 Å². The van der Waals surface area contributed by atoms with Gasteiger partial charge in [-0.3, -0.25) is 0 Å². The lowest BCUT2D eigenvalue weighted by atomic mass is 10.3. The second-order valence-electron chi connectivity index (χ2n) is 3.20. The van der Waals surface area contributed by atoms with Gasteiger partial charge in [-0.2, -0.15) is 0 Å². The molecule has 16 heavy (non-hydrogen) atoms. The SMILES string of the molecule is CCOC(=O)C(C)Oc1ccc(N)c(Cl)c1. The minimum atomic E-state index is -0.667. The predicted octanol–water partition coefficient (Wildman–Crippen LogP) is 2.25. The van der Waals surface area contributed by atoms with Gasteiger partial charge in [-0.15, -0.1) is 0 Å². The zero-order chi connectivity index (χ0) is 12.1. The summed E-state index contributed by atoms with van der Waals surface area (Å²) in [5.74, 6) is 0.0789. The van der Waals surface area contributed by atoms with E-state index in [1.54, 1.807) is 32.0 Å². The van der Waals surface area contributed by atoms with Gasteiger partial charge in [0.15, 0.2) is 6.10 Å². The Morgan fingerprint density at radius 2 is 2.25 bits per heavy atom. The molecule has 1 unspecified atom stereocenters. The van der Waals surface area contributed by atoms with Gasteiger partial charge < -0.3 is 15.2 Å². The van der Waals surface area contributed by atoms with Crippen LogP contribution in [-0.2, 0) is 9.53 Å². The van der Waals surface area contributed by atoms with E-state index in [1.165, 1.54) is 0 Å². The Bertz CT molecular complexity index is 381. The van der Waals surface area contributed by atoms with Crippen molar-refractivity contribution in [1.29, 1.82) is 0 Å². The monoisotopic (exact) mass is 243 g/mol. The van der Waals surface area contributed by atoms with E-state index < -0.39 is 12.1 Å². The normalized spacial score (nSPS) is 11.9. The van der Waals surface area contributed by atoms with Crippen LogP contribution in [0.2, 0.25) is 5.02 Å². The number of benzene rings is 1. The van der Waals surface area contributed by atoms with Crippen LogP contribution in [0.1, 0.15) is 13.8 Å². The molecule has 2 N–H and O–H groups in total. The third kappa shape index (κ3) is 3.31. The fourth-order valence-electron chi connectivity index (χ4n) is 1.09. The molecule has 0 bridgehead atoms. The molecular formula is C11H14ClNO3. The van der Waals surface area contributed by atoms with Gasteiger partial charge in [-0.25, -0.2) is 4.79 Å². The van der Waals surface area contributed by atoms with E-state index in [0.717, 1.165) is 0 Å². The molecule has 0 aliphatic rings. The quantitative estimate of drug-likeness (QED) is 0.651. The van der Waals surface area contributed by atoms with Gasteiger partial charge in [0.05, 0.1) is 17.3 Å². The Morgan fingerprint density at radius 1 is 1.56 bits per heavy atom. The zero-order valence-corrected chi connectivity index (χ0v) is 9.95. The molecule has 5 heteroatoms. The molecule has 0 spiro atoms. The molecule has 0 heterocycles. The summed E-state index contributed by atoms with van der Waals surface area (Å²) >= 11 is 5.82. The number of anilines is 1. The highest BCUT2D eigenvalue weighted by Gasteiger charge is 2.15. The first-order chi connectivity index (χ1) is 7.54. The fourth-order valence-corrected chi connectivity index (χ4v) is 1.26. The lowest BCUT2D eigenvalue weighted by molar-refractivity contribution is -0.150. The van der Waals surface area contributed by atoms with Crippen LogP contribution in [0.15, 0.2) is 18.2 Å². The maximum absolute atomic E-state index is 11.3. The minimum Gasteiger partial charge on any atom is -0.479 e. The summed E-state index contributed by atoms with van der Waals surface area (Å²) < 4.78 is 10.2. The lowest BCUT2D eigenvalue weighted by Crippen LogP contribution is -2.26. The largest absolute Gasteiger partial charge is 0.479 e. The number of esters is 1. The second-order valence-corrected chi connectivity index (χ2v) is 3.60. The molecule has 88 valence electrons. The van der Waals surface area contributed by atoms with Crippen molar-refractivity contribution in [3.8, 4) is 5.75 Å². The maximum atomic E-state index is 11.3. The number of carbonyl (C=O) groups excluding carboxylic acids is 1. The molecule has 0 aromatic heterocycles. The Morgan fingerprint density at radius 3 is 2.81 bits per heavy atom. The molecule has 1 aromatic carbocycles. The third-order valence-corrected chi connectivity index (χ3v) is 2.23. The third-order valence-electron chi connectivity index (χ3n) is 1.90. The Labute approximate surface area is 99.3 Å². The number of nitrogens with two attached hydrogens (primary N) is 1. The molecule has 0 saturated carbocycles. The molecular weight excluding hydrogens is 230 g/mol. The predicted molar refractivity (Wildman–Crippen MR) is 62.6 cm³/mol. The highest BCUT2D eigenvalue weighted by Crippen LogP contribution is 2.24. The molecule has 0 saturated heterocycles. The number of nitrogen functional groups attached to an aromatic ring is 1. The van der Waals surface area contributed by atoms with Crippen molar-refractivity contribution >= 4 is 23.3 Å². The Kier molecular flexibility index (Phi) is 4.43. The van der Waals surface area contributed by atoms with Crippen molar-refractivity contribution in [2.45, 2.75) is 20.0 Å². The molecule has 0 amide bonds. The summed E-state index contributed by atoms with van der Waals surface area (Å²) in [6, 6.07) is 4.83.